The van der Waals surface area contributed by atoms with Gasteiger partial charge < -0.3 is 0 Å². The number of rotatable bonds is 2. The standard InChI is InChI=1S/C14H26/c1-11(2)12-7-9-14(10-8-12)13-5-3-4-6-13/h11-14H,3-10H2,1-2H3. The van der Waals surface area contributed by atoms with Gasteiger partial charge in [-0.25, -0.2) is 0 Å². The van der Waals surface area contributed by atoms with Crippen molar-refractivity contribution in [3.63, 3.8) is 0 Å². The van der Waals surface area contributed by atoms with E-state index in [0.717, 1.165) is 23.7 Å². The zero-order valence-corrected chi connectivity index (χ0v) is 9.97. The van der Waals surface area contributed by atoms with Crippen LogP contribution in [0.2, 0.25) is 0 Å². The molecule has 0 N–H and O–H groups in total. The van der Waals surface area contributed by atoms with E-state index in [0.29, 0.717) is 0 Å². The molecule has 2 fully saturated rings. The van der Waals surface area contributed by atoms with Crippen molar-refractivity contribution in [2.45, 2.75) is 65.2 Å². The molecular weight excluding hydrogens is 168 g/mol. The first-order valence-electron chi connectivity index (χ1n) is 6.77. The first-order valence-corrected chi connectivity index (χ1v) is 6.77. The van der Waals surface area contributed by atoms with Crippen molar-refractivity contribution >= 4 is 0 Å². The van der Waals surface area contributed by atoms with Crippen molar-refractivity contribution in [1.29, 1.82) is 0 Å². The van der Waals surface area contributed by atoms with Gasteiger partial charge in [-0.3, -0.25) is 0 Å². The number of hydrogen-bond donors (Lipinski definition) is 0. The highest BCUT2D eigenvalue weighted by Crippen LogP contribution is 2.42. The van der Waals surface area contributed by atoms with Crippen LogP contribution in [-0.2, 0) is 0 Å². The molecule has 0 heterocycles. The average Bonchev–Trinajstić information content (AvgIpc) is 2.71. The molecule has 0 heteroatoms. The molecule has 0 saturated heterocycles. The second-order valence-corrected chi connectivity index (χ2v) is 5.96. The van der Waals surface area contributed by atoms with Crippen LogP contribution >= 0.6 is 0 Å². The molecule has 2 rings (SSSR count). The Morgan fingerprint density at radius 3 is 1.71 bits per heavy atom. The van der Waals surface area contributed by atoms with E-state index in [-0.39, 0.29) is 0 Å². The van der Waals surface area contributed by atoms with Crippen molar-refractivity contribution in [3.8, 4) is 0 Å². The highest BCUT2D eigenvalue weighted by molar-refractivity contribution is 4.81. The van der Waals surface area contributed by atoms with E-state index < -0.39 is 0 Å². The fourth-order valence-electron chi connectivity index (χ4n) is 3.71. The molecule has 0 radical (unpaired) electrons. The Labute approximate surface area is 89.5 Å². The maximum atomic E-state index is 2.40. The molecule has 0 aromatic rings. The third-order valence-electron chi connectivity index (χ3n) is 4.83. The fourth-order valence-corrected chi connectivity index (χ4v) is 3.71. The lowest BCUT2D eigenvalue weighted by Gasteiger charge is -2.34. The quantitative estimate of drug-likeness (QED) is 0.601. The van der Waals surface area contributed by atoms with E-state index in [2.05, 4.69) is 13.8 Å². The van der Waals surface area contributed by atoms with Gasteiger partial charge in [0, 0.05) is 0 Å². The van der Waals surface area contributed by atoms with Crippen molar-refractivity contribution < 1.29 is 0 Å². The Morgan fingerprint density at radius 2 is 1.21 bits per heavy atom. The van der Waals surface area contributed by atoms with Crippen LogP contribution in [0.5, 0.6) is 0 Å². The van der Waals surface area contributed by atoms with Crippen molar-refractivity contribution in [3.05, 3.63) is 0 Å². The van der Waals surface area contributed by atoms with Gasteiger partial charge in [-0.1, -0.05) is 39.5 Å². The predicted octanol–water partition coefficient (Wildman–Crippen LogP) is 4.64. The van der Waals surface area contributed by atoms with Crippen LogP contribution in [0.3, 0.4) is 0 Å². The lowest BCUT2D eigenvalue weighted by Crippen LogP contribution is -2.22. The van der Waals surface area contributed by atoms with Crippen LogP contribution in [0.1, 0.15) is 65.2 Å². The van der Waals surface area contributed by atoms with Crippen molar-refractivity contribution in [1.82, 2.24) is 0 Å². The van der Waals surface area contributed by atoms with Gasteiger partial charge in [0.2, 0.25) is 0 Å². The van der Waals surface area contributed by atoms with Gasteiger partial charge >= 0.3 is 0 Å². The molecule has 0 aromatic carbocycles. The van der Waals surface area contributed by atoms with Gasteiger partial charge in [-0.05, 0) is 49.4 Å². The fraction of sp³-hybridized carbons (Fsp3) is 1.00. The van der Waals surface area contributed by atoms with Crippen LogP contribution in [0.4, 0.5) is 0 Å². The maximum Gasteiger partial charge on any atom is -0.0386 e. The van der Waals surface area contributed by atoms with E-state index in [1.165, 1.54) is 25.7 Å². The normalized spacial score (nSPS) is 35.4. The summed E-state index contributed by atoms with van der Waals surface area (Å²) in [6, 6.07) is 0. The zero-order valence-electron chi connectivity index (χ0n) is 9.97. The molecule has 0 unspecified atom stereocenters. The third-order valence-corrected chi connectivity index (χ3v) is 4.83. The Kier molecular flexibility index (Phi) is 3.52. The van der Waals surface area contributed by atoms with Gasteiger partial charge in [0.25, 0.3) is 0 Å². The molecule has 82 valence electrons. The summed E-state index contributed by atoms with van der Waals surface area (Å²) in [6.07, 6.45) is 12.3. The second-order valence-electron chi connectivity index (χ2n) is 5.96. The average molecular weight is 194 g/mol. The Hall–Kier alpha value is 0. The predicted molar refractivity (Wildman–Crippen MR) is 62.2 cm³/mol. The van der Waals surface area contributed by atoms with Crippen LogP contribution in [0, 0.1) is 23.7 Å². The van der Waals surface area contributed by atoms with Gasteiger partial charge in [0.15, 0.2) is 0 Å². The Balaban J connectivity index is 1.77. The highest BCUT2D eigenvalue weighted by Gasteiger charge is 2.29. The van der Waals surface area contributed by atoms with E-state index >= 15 is 0 Å². The summed E-state index contributed by atoms with van der Waals surface area (Å²) < 4.78 is 0. The lowest BCUT2D eigenvalue weighted by molar-refractivity contribution is 0.176. The summed E-state index contributed by atoms with van der Waals surface area (Å²) in [4.78, 5) is 0. The van der Waals surface area contributed by atoms with Gasteiger partial charge in [-0.15, -0.1) is 0 Å². The largest absolute Gasteiger partial charge is 0.0625 e. The molecule has 2 aliphatic carbocycles. The second kappa shape index (κ2) is 4.68. The summed E-state index contributed by atoms with van der Waals surface area (Å²) in [5.74, 6) is 4.22. The molecule has 0 aromatic heterocycles. The van der Waals surface area contributed by atoms with E-state index in [1.54, 1.807) is 25.7 Å². The SMILES string of the molecule is CC(C)C1CCC(C2CCCC2)CC1. The summed E-state index contributed by atoms with van der Waals surface area (Å²) in [7, 11) is 0. The zero-order chi connectivity index (χ0) is 9.97. The molecule has 0 atom stereocenters. The topological polar surface area (TPSA) is 0 Å². The summed E-state index contributed by atoms with van der Waals surface area (Å²) in [5.41, 5.74) is 0. The molecule has 0 nitrogen and oxygen atoms in total. The molecule has 14 heavy (non-hydrogen) atoms. The highest BCUT2D eigenvalue weighted by atomic mass is 14.4. The van der Waals surface area contributed by atoms with Gasteiger partial charge in [0.1, 0.15) is 0 Å². The van der Waals surface area contributed by atoms with Gasteiger partial charge in [0.05, 0.1) is 0 Å². The molecule has 2 aliphatic rings. The van der Waals surface area contributed by atoms with E-state index in [9.17, 15) is 0 Å². The summed E-state index contributed by atoms with van der Waals surface area (Å²) in [6.45, 7) is 4.81. The Bertz CT molecular complexity index is 157. The minimum atomic E-state index is 0.930. The summed E-state index contributed by atoms with van der Waals surface area (Å²) >= 11 is 0. The Morgan fingerprint density at radius 1 is 0.714 bits per heavy atom. The van der Waals surface area contributed by atoms with Crippen molar-refractivity contribution in [2.75, 3.05) is 0 Å². The van der Waals surface area contributed by atoms with Crippen LogP contribution in [0.25, 0.3) is 0 Å². The molecule has 0 aliphatic heterocycles. The molecular formula is C14H26. The molecule has 0 amide bonds. The first kappa shape index (κ1) is 10.5. The molecule has 2 saturated carbocycles. The minimum Gasteiger partial charge on any atom is -0.0625 e. The summed E-state index contributed by atoms with van der Waals surface area (Å²) in [5, 5.41) is 0. The molecule has 0 spiro atoms. The minimum absolute atomic E-state index is 0.930. The lowest BCUT2D eigenvalue weighted by atomic mass is 9.72. The van der Waals surface area contributed by atoms with E-state index in [1.807, 2.05) is 0 Å². The van der Waals surface area contributed by atoms with Crippen LogP contribution < -0.4 is 0 Å². The maximum absolute atomic E-state index is 2.40. The molecule has 0 bridgehead atoms. The first-order chi connectivity index (χ1) is 6.77. The smallest absolute Gasteiger partial charge is 0.0386 e. The van der Waals surface area contributed by atoms with E-state index in [4.69, 9.17) is 0 Å². The monoisotopic (exact) mass is 194 g/mol. The third kappa shape index (κ3) is 2.32. The number of hydrogen-bond acceptors (Lipinski definition) is 0. The van der Waals surface area contributed by atoms with Crippen molar-refractivity contribution in [2.24, 2.45) is 23.7 Å². The van der Waals surface area contributed by atoms with Gasteiger partial charge in [-0.2, -0.15) is 0 Å². The van der Waals surface area contributed by atoms with Crippen LogP contribution in [0.15, 0.2) is 0 Å². The van der Waals surface area contributed by atoms with Crippen LogP contribution in [-0.4, -0.2) is 0 Å².